The zero-order valence-corrected chi connectivity index (χ0v) is 20.1. The van der Waals surface area contributed by atoms with Crippen LogP contribution in [0.2, 0.25) is 0 Å². The van der Waals surface area contributed by atoms with Crippen molar-refractivity contribution in [1.82, 2.24) is 19.5 Å². The molecule has 2 N–H and O–H groups in total. The molecule has 9 heteroatoms. The fourth-order valence-corrected chi connectivity index (χ4v) is 3.37. The van der Waals surface area contributed by atoms with E-state index in [4.69, 9.17) is 15.9 Å². The van der Waals surface area contributed by atoms with Gasteiger partial charge in [-0.2, -0.15) is 0 Å². The Morgan fingerprint density at radius 2 is 1.97 bits per heavy atom. The van der Waals surface area contributed by atoms with E-state index >= 15 is 0 Å². The van der Waals surface area contributed by atoms with Crippen LogP contribution < -0.4 is 5.32 Å². The number of ether oxygens (including phenoxy) is 2. The maximum atomic E-state index is 11.3. The molecule has 0 spiro atoms. The van der Waals surface area contributed by atoms with Crippen LogP contribution in [0.25, 0.3) is 11.2 Å². The third-order valence-corrected chi connectivity index (χ3v) is 5.37. The molecule has 0 amide bonds. The number of hydrogen-bond donors (Lipinski definition) is 2. The lowest BCUT2D eigenvalue weighted by atomic mass is 10.1. The van der Waals surface area contributed by atoms with Gasteiger partial charge in [0.05, 0.1) is 31.5 Å². The Hall–Kier alpha value is -3.48. The first-order chi connectivity index (χ1) is 16.1. The molecule has 180 valence electrons. The van der Waals surface area contributed by atoms with Gasteiger partial charge in [-0.3, -0.25) is 4.57 Å². The molecule has 0 aliphatic rings. The number of carboxylic acids is 1. The highest BCUT2D eigenvalue weighted by Gasteiger charge is 2.29. The van der Waals surface area contributed by atoms with Gasteiger partial charge in [0.2, 0.25) is 0 Å². The molecule has 0 saturated carbocycles. The standard InChI is InChI=1S/C25H31N5O4/c1-7-11-20(34-16(2)14-33-25(5,6)24(31)32)30-15-26-21-22(28-18(4)29-23(21)30)27-17(3)19-12-9-8-10-13-19/h1,8-10,12-13,15-17,20H,11,14H2,2-6H3,(H,31,32)(H,27,28,29)/t16?,17-,20?/m1/s1. The zero-order chi connectivity index (χ0) is 24.9. The van der Waals surface area contributed by atoms with E-state index in [0.29, 0.717) is 22.8 Å². The molecule has 9 nitrogen and oxygen atoms in total. The summed E-state index contributed by atoms with van der Waals surface area (Å²) >= 11 is 0. The molecule has 0 bridgehead atoms. The van der Waals surface area contributed by atoms with Crippen LogP contribution in [-0.2, 0) is 14.3 Å². The first-order valence-electron chi connectivity index (χ1n) is 11.1. The number of anilines is 1. The summed E-state index contributed by atoms with van der Waals surface area (Å²) in [7, 11) is 0. The summed E-state index contributed by atoms with van der Waals surface area (Å²) in [5.41, 5.74) is 1.00. The van der Waals surface area contributed by atoms with E-state index in [9.17, 15) is 9.90 Å². The number of nitrogens with zero attached hydrogens (tertiary/aromatic N) is 4. The number of aliphatic carboxylic acids is 1. The minimum atomic E-state index is -1.32. The molecule has 34 heavy (non-hydrogen) atoms. The molecule has 2 heterocycles. The van der Waals surface area contributed by atoms with Crippen molar-refractivity contribution in [3.05, 3.63) is 48.0 Å². The lowest BCUT2D eigenvalue weighted by molar-refractivity contribution is -0.168. The zero-order valence-electron chi connectivity index (χ0n) is 20.1. The van der Waals surface area contributed by atoms with Gasteiger partial charge in [0.15, 0.2) is 22.6 Å². The number of carbonyl (C=O) groups is 1. The van der Waals surface area contributed by atoms with E-state index in [1.54, 1.807) is 17.8 Å². The summed E-state index contributed by atoms with van der Waals surface area (Å²) in [5, 5.41) is 12.7. The molecule has 0 radical (unpaired) electrons. The fourth-order valence-electron chi connectivity index (χ4n) is 3.37. The number of carboxylic acid groups (broad SMARTS) is 1. The van der Waals surface area contributed by atoms with Crippen molar-refractivity contribution < 1.29 is 19.4 Å². The molecule has 0 fully saturated rings. The maximum absolute atomic E-state index is 11.3. The third kappa shape index (κ3) is 5.90. The van der Waals surface area contributed by atoms with E-state index in [2.05, 4.69) is 33.1 Å². The Kier molecular flexibility index (Phi) is 7.87. The predicted molar refractivity (Wildman–Crippen MR) is 129 cm³/mol. The lowest BCUT2D eigenvalue weighted by Crippen LogP contribution is -2.37. The first kappa shape index (κ1) is 25.1. The van der Waals surface area contributed by atoms with Crippen molar-refractivity contribution in [3.8, 4) is 12.3 Å². The highest BCUT2D eigenvalue weighted by Crippen LogP contribution is 2.27. The SMILES string of the molecule is C#CCC(OC(C)COC(C)(C)C(=O)O)n1cnc2c(N[C@H](C)c3ccccc3)nc(C)nc21. The second kappa shape index (κ2) is 10.6. The van der Waals surface area contributed by atoms with Gasteiger partial charge in [-0.25, -0.2) is 19.7 Å². The number of hydrogen-bond acceptors (Lipinski definition) is 7. The second-order valence-corrected chi connectivity index (χ2v) is 8.66. The van der Waals surface area contributed by atoms with Gasteiger partial charge in [0, 0.05) is 0 Å². The number of terminal acetylenes is 1. The summed E-state index contributed by atoms with van der Waals surface area (Å²) < 4.78 is 13.4. The van der Waals surface area contributed by atoms with E-state index in [-0.39, 0.29) is 19.1 Å². The van der Waals surface area contributed by atoms with Gasteiger partial charge in [0.25, 0.3) is 0 Å². The average molecular weight is 466 g/mol. The highest BCUT2D eigenvalue weighted by atomic mass is 16.6. The molecule has 1 aromatic carbocycles. The minimum Gasteiger partial charge on any atom is -0.479 e. The maximum Gasteiger partial charge on any atom is 0.335 e. The van der Waals surface area contributed by atoms with Crippen LogP contribution in [0.4, 0.5) is 5.82 Å². The smallest absolute Gasteiger partial charge is 0.335 e. The molecule has 0 saturated heterocycles. The van der Waals surface area contributed by atoms with E-state index in [1.165, 1.54) is 13.8 Å². The van der Waals surface area contributed by atoms with Gasteiger partial charge < -0.3 is 19.9 Å². The number of rotatable bonds is 11. The first-order valence-corrected chi connectivity index (χ1v) is 11.1. The number of aromatic nitrogens is 4. The summed E-state index contributed by atoms with van der Waals surface area (Å²) in [5.74, 6) is 2.79. The molecule has 3 atom stereocenters. The molecule has 2 unspecified atom stereocenters. The van der Waals surface area contributed by atoms with Crippen LogP contribution >= 0.6 is 0 Å². The second-order valence-electron chi connectivity index (χ2n) is 8.66. The number of imidazole rings is 1. The largest absolute Gasteiger partial charge is 0.479 e. The Morgan fingerprint density at radius 1 is 1.26 bits per heavy atom. The van der Waals surface area contributed by atoms with Gasteiger partial charge in [0.1, 0.15) is 12.1 Å². The van der Waals surface area contributed by atoms with Gasteiger partial charge in [-0.15, -0.1) is 12.3 Å². The van der Waals surface area contributed by atoms with Crippen molar-refractivity contribution in [2.24, 2.45) is 0 Å². The predicted octanol–water partition coefficient (Wildman–Crippen LogP) is 4.11. The van der Waals surface area contributed by atoms with Crippen molar-refractivity contribution >= 4 is 23.0 Å². The number of nitrogens with one attached hydrogen (secondary N) is 1. The topological polar surface area (TPSA) is 111 Å². The van der Waals surface area contributed by atoms with Gasteiger partial charge in [-0.05, 0) is 40.2 Å². The summed E-state index contributed by atoms with van der Waals surface area (Å²) in [6.45, 7) is 8.75. The van der Waals surface area contributed by atoms with Crippen LogP contribution in [0.3, 0.4) is 0 Å². The van der Waals surface area contributed by atoms with Crippen molar-refractivity contribution in [3.63, 3.8) is 0 Å². The van der Waals surface area contributed by atoms with Gasteiger partial charge >= 0.3 is 5.97 Å². The molecule has 0 aliphatic carbocycles. The van der Waals surface area contributed by atoms with Crippen LogP contribution in [0, 0.1) is 19.3 Å². The van der Waals surface area contributed by atoms with Crippen LogP contribution in [0.1, 0.15) is 57.8 Å². The molecule has 0 aliphatic heterocycles. The average Bonchev–Trinajstić information content (AvgIpc) is 3.22. The fraction of sp³-hybridized carbons (Fsp3) is 0.440. The Balaban J connectivity index is 1.84. The molecular formula is C25H31N5O4. The summed E-state index contributed by atoms with van der Waals surface area (Å²) in [4.78, 5) is 25.0. The van der Waals surface area contributed by atoms with Gasteiger partial charge in [-0.1, -0.05) is 30.3 Å². The molecule has 3 rings (SSSR count). The molecule has 3 aromatic rings. The Morgan fingerprint density at radius 3 is 2.62 bits per heavy atom. The summed E-state index contributed by atoms with van der Waals surface area (Å²) in [6.07, 6.45) is 6.53. The minimum absolute atomic E-state index is 0.0105. The Bertz CT molecular complexity index is 1170. The van der Waals surface area contributed by atoms with Crippen molar-refractivity contribution in [2.75, 3.05) is 11.9 Å². The van der Waals surface area contributed by atoms with Crippen LogP contribution in [0.15, 0.2) is 36.7 Å². The quantitative estimate of drug-likeness (QED) is 0.407. The summed E-state index contributed by atoms with van der Waals surface area (Å²) in [6, 6.07) is 10.1. The lowest BCUT2D eigenvalue weighted by Gasteiger charge is -2.26. The van der Waals surface area contributed by atoms with Crippen LogP contribution in [-0.4, -0.2) is 48.9 Å². The third-order valence-electron chi connectivity index (χ3n) is 5.37. The molecular weight excluding hydrogens is 434 g/mol. The highest BCUT2D eigenvalue weighted by molar-refractivity contribution is 5.83. The normalized spacial score (nSPS) is 14.4. The number of aryl methyl sites for hydroxylation is 1. The van der Waals surface area contributed by atoms with Crippen LogP contribution in [0.5, 0.6) is 0 Å². The van der Waals surface area contributed by atoms with E-state index in [0.717, 1.165) is 5.56 Å². The Labute approximate surface area is 199 Å². The molecule has 2 aromatic heterocycles. The van der Waals surface area contributed by atoms with Crippen molar-refractivity contribution in [2.45, 2.75) is 65.0 Å². The number of benzene rings is 1. The monoisotopic (exact) mass is 465 g/mol. The number of fused-ring (bicyclic) bond motifs is 1. The van der Waals surface area contributed by atoms with E-state index in [1.807, 2.05) is 37.3 Å². The van der Waals surface area contributed by atoms with E-state index < -0.39 is 23.9 Å². The van der Waals surface area contributed by atoms with Crippen molar-refractivity contribution in [1.29, 1.82) is 0 Å².